The van der Waals surface area contributed by atoms with E-state index in [4.69, 9.17) is 5.10 Å². The molecule has 4 aromatic rings. The van der Waals surface area contributed by atoms with Crippen molar-refractivity contribution in [3.05, 3.63) is 80.8 Å². The summed E-state index contributed by atoms with van der Waals surface area (Å²) in [6, 6.07) is 13.0. The summed E-state index contributed by atoms with van der Waals surface area (Å²) in [4.78, 5) is 30.1. The highest BCUT2D eigenvalue weighted by atomic mass is 16.2. The number of hydrogen-bond donors (Lipinski definition) is 0. The number of hydrogen-bond acceptors (Lipinski definition) is 5. The van der Waals surface area contributed by atoms with E-state index in [-0.39, 0.29) is 17.2 Å². The van der Waals surface area contributed by atoms with Crippen LogP contribution in [0.4, 0.5) is 0 Å². The van der Waals surface area contributed by atoms with Gasteiger partial charge in [0.1, 0.15) is 5.39 Å². The summed E-state index contributed by atoms with van der Waals surface area (Å²) in [5.41, 5.74) is 2.42. The van der Waals surface area contributed by atoms with Gasteiger partial charge in [-0.05, 0) is 35.7 Å². The van der Waals surface area contributed by atoms with Crippen LogP contribution >= 0.6 is 0 Å². The Kier molecular flexibility index (Phi) is 5.26. The van der Waals surface area contributed by atoms with Crippen LogP contribution in [0.2, 0.25) is 0 Å². The Hall–Kier alpha value is -3.99. The van der Waals surface area contributed by atoms with E-state index in [9.17, 15) is 14.9 Å². The smallest absolute Gasteiger partial charge is 0.276 e. The van der Waals surface area contributed by atoms with E-state index in [1.54, 1.807) is 33.8 Å². The third kappa shape index (κ3) is 3.66. The van der Waals surface area contributed by atoms with Crippen LogP contribution in [0.25, 0.3) is 22.3 Å². The van der Waals surface area contributed by atoms with E-state index in [1.165, 1.54) is 7.05 Å². The molecule has 1 aromatic carbocycles. The lowest BCUT2D eigenvalue weighted by Crippen LogP contribution is -2.38. The second-order valence-electron chi connectivity index (χ2n) is 7.90. The Morgan fingerprint density at radius 1 is 1.13 bits per heavy atom. The molecule has 0 N–H and O–H groups in total. The minimum atomic E-state index is -0.386. The fraction of sp³-hybridized carbons (Fsp3) is 0.261. The van der Waals surface area contributed by atoms with Crippen LogP contribution in [0, 0.1) is 17.2 Å². The summed E-state index contributed by atoms with van der Waals surface area (Å²) in [6.45, 7) is 4.82. The van der Waals surface area contributed by atoms with Crippen molar-refractivity contribution in [2.24, 2.45) is 13.0 Å². The van der Waals surface area contributed by atoms with Gasteiger partial charge in [-0.3, -0.25) is 23.6 Å². The molecule has 8 nitrogen and oxygen atoms in total. The zero-order valence-electron chi connectivity index (χ0n) is 17.6. The lowest BCUT2D eigenvalue weighted by molar-refractivity contribution is 0.498. The molecule has 0 spiro atoms. The first-order valence-corrected chi connectivity index (χ1v) is 10.0. The first-order valence-electron chi connectivity index (χ1n) is 10.0. The van der Waals surface area contributed by atoms with Gasteiger partial charge in [-0.1, -0.05) is 26.0 Å². The molecule has 0 amide bonds. The number of nitrogens with zero attached hydrogens (tertiary/aromatic N) is 6. The van der Waals surface area contributed by atoms with Crippen LogP contribution < -0.4 is 11.2 Å². The van der Waals surface area contributed by atoms with Crippen LogP contribution in [0.15, 0.2) is 58.4 Å². The Balaban J connectivity index is 2.05. The van der Waals surface area contributed by atoms with Gasteiger partial charge in [0.15, 0.2) is 5.65 Å². The van der Waals surface area contributed by atoms with Crippen molar-refractivity contribution in [2.45, 2.75) is 26.9 Å². The topological polar surface area (TPSA) is 98.5 Å². The van der Waals surface area contributed by atoms with Gasteiger partial charge < -0.3 is 0 Å². The molecule has 0 aliphatic rings. The van der Waals surface area contributed by atoms with Crippen LogP contribution in [0.3, 0.4) is 0 Å². The number of benzene rings is 1. The van der Waals surface area contributed by atoms with Crippen LogP contribution in [0.5, 0.6) is 0 Å². The van der Waals surface area contributed by atoms with Crippen molar-refractivity contribution < 1.29 is 0 Å². The van der Waals surface area contributed by atoms with E-state index in [0.29, 0.717) is 35.4 Å². The average Bonchev–Trinajstić information content (AvgIpc) is 3.14. The molecule has 31 heavy (non-hydrogen) atoms. The van der Waals surface area contributed by atoms with E-state index in [2.05, 4.69) is 11.1 Å². The van der Waals surface area contributed by atoms with Gasteiger partial charge in [-0.25, -0.2) is 4.79 Å². The minimum Gasteiger partial charge on any atom is -0.276 e. The maximum absolute atomic E-state index is 13.2. The van der Waals surface area contributed by atoms with E-state index < -0.39 is 0 Å². The summed E-state index contributed by atoms with van der Waals surface area (Å²) in [5, 5.41) is 14.3. The summed E-state index contributed by atoms with van der Waals surface area (Å²) < 4.78 is 4.43. The summed E-state index contributed by atoms with van der Waals surface area (Å²) in [5.74, 6) is 0.195. The zero-order valence-corrected chi connectivity index (χ0v) is 17.6. The van der Waals surface area contributed by atoms with Crippen molar-refractivity contribution in [1.29, 1.82) is 5.26 Å². The van der Waals surface area contributed by atoms with Gasteiger partial charge in [0.2, 0.25) is 0 Å². The molecule has 0 radical (unpaired) electrons. The number of pyridine rings is 1. The third-order valence-corrected chi connectivity index (χ3v) is 5.12. The second-order valence-corrected chi connectivity index (χ2v) is 7.90. The molecule has 156 valence electrons. The summed E-state index contributed by atoms with van der Waals surface area (Å²) in [6.07, 6.45) is 3.31. The molecule has 8 heteroatoms. The molecule has 0 fully saturated rings. The lowest BCUT2D eigenvalue weighted by Gasteiger charge is -2.11. The van der Waals surface area contributed by atoms with Gasteiger partial charge in [0.05, 0.1) is 23.9 Å². The maximum Gasteiger partial charge on any atom is 0.332 e. The first kappa shape index (κ1) is 20.3. The zero-order chi connectivity index (χ0) is 22.1. The van der Waals surface area contributed by atoms with E-state index in [1.807, 2.05) is 38.1 Å². The molecule has 0 aliphatic heterocycles. The average molecular weight is 414 g/mol. The molecule has 0 aliphatic carbocycles. The van der Waals surface area contributed by atoms with Crippen LogP contribution in [-0.2, 0) is 20.1 Å². The molecular formula is C23H22N6O2. The number of nitriles is 1. The van der Waals surface area contributed by atoms with Gasteiger partial charge in [0, 0.05) is 31.5 Å². The van der Waals surface area contributed by atoms with Crippen molar-refractivity contribution in [3.63, 3.8) is 0 Å². The highest BCUT2D eigenvalue weighted by molar-refractivity contribution is 5.90. The lowest BCUT2D eigenvalue weighted by atomic mass is 10.1. The van der Waals surface area contributed by atoms with Gasteiger partial charge in [-0.15, -0.1) is 0 Å². The van der Waals surface area contributed by atoms with E-state index >= 15 is 0 Å². The second kappa shape index (κ2) is 8.03. The van der Waals surface area contributed by atoms with Gasteiger partial charge in [0.25, 0.3) is 5.56 Å². The first-order chi connectivity index (χ1) is 14.9. The van der Waals surface area contributed by atoms with E-state index in [0.717, 1.165) is 15.7 Å². The molecule has 0 saturated heterocycles. The van der Waals surface area contributed by atoms with Crippen LogP contribution in [-0.4, -0.2) is 23.9 Å². The monoisotopic (exact) mass is 414 g/mol. The summed E-state index contributed by atoms with van der Waals surface area (Å²) in [7, 11) is 1.49. The Morgan fingerprint density at radius 3 is 2.55 bits per heavy atom. The van der Waals surface area contributed by atoms with Crippen molar-refractivity contribution in [2.75, 3.05) is 0 Å². The largest absolute Gasteiger partial charge is 0.332 e. The molecular weight excluding hydrogens is 392 g/mol. The fourth-order valence-electron chi connectivity index (χ4n) is 3.72. The van der Waals surface area contributed by atoms with Crippen molar-refractivity contribution >= 4 is 11.0 Å². The Labute approximate surface area is 178 Å². The molecule has 0 bridgehead atoms. The van der Waals surface area contributed by atoms with Crippen LogP contribution in [0.1, 0.15) is 25.0 Å². The standard InChI is InChI=1S/C23H22N6O2/c1-15(2)13-28-21-19(22(30)27(3)23(28)31)20(18-7-9-25-10-8-18)29(26-21)14-17-6-4-5-16(11-17)12-24/h4-11,15H,13-14H2,1-3H3. The predicted molar refractivity (Wildman–Crippen MR) is 118 cm³/mol. The highest BCUT2D eigenvalue weighted by Gasteiger charge is 2.22. The SMILES string of the molecule is CC(C)Cn1c(=O)n(C)c(=O)c2c(-c3ccncc3)n(Cc3cccc(C#N)c3)nc21. The molecule has 0 atom stereocenters. The molecule has 3 heterocycles. The third-order valence-electron chi connectivity index (χ3n) is 5.12. The Bertz CT molecular complexity index is 1420. The highest BCUT2D eigenvalue weighted by Crippen LogP contribution is 2.27. The van der Waals surface area contributed by atoms with Crippen molar-refractivity contribution in [1.82, 2.24) is 23.9 Å². The quantitative estimate of drug-likeness (QED) is 0.500. The van der Waals surface area contributed by atoms with Gasteiger partial charge in [-0.2, -0.15) is 10.4 Å². The number of rotatable bonds is 5. The minimum absolute atomic E-state index is 0.195. The van der Waals surface area contributed by atoms with Crippen molar-refractivity contribution in [3.8, 4) is 17.3 Å². The normalized spacial score (nSPS) is 11.2. The summed E-state index contributed by atoms with van der Waals surface area (Å²) >= 11 is 0. The molecule has 0 saturated carbocycles. The number of fused-ring (bicyclic) bond motifs is 1. The maximum atomic E-state index is 13.2. The molecule has 4 rings (SSSR count). The molecule has 3 aromatic heterocycles. The number of aromatic nitrogens is 5. The Morgan fingerprint density at radius 2 is 1.87 bits per heavy atom. The predicted octanol–water partition coefficient (Wildman–Crippen LogP) is 2.53. The fourth-order valence-corrected chi connectivity index (χ4v) is 3.72. The molecule has 0 unspecified atom stereocenters. The van der Waals surface area contributed by atoms with Gasteiger partial charge >= 0.3 is 5.69 Å².